The molecule has 4 aliphatic rings. The van der Waals surface area contributed by atoms with E-state index in [9.17, 15) is 70.6 Å². The van der Waals surface area contributed by atoms with Crippen LogP contribution >= 0.6 is 0 Å². The van der Waals surface area contributed by atoms with Crippen molar-refractivity contribution in [3.63, 3.8) is 0 Å². The molecule has 4 heterocycles. The standard InChI is InChI=1S/C57H91N3O18/c1-36-20-16-13-11-9-7-5-6-8-10-12-14-17-21-43(77-56-54(71)51(53(70)39(4)76-56)60-28-26-59(27-29-60)48(67)22-18-15-19-25-58)33-47-50(55(72)73)46(66)35-57(74,78-47)34-42(63)31-45(65)44(64)24-23-40(61)30-41(62)32-49(68)75-38(3)37(2)52(36)69/h5-14,16-17,20-21,36-47,50-54,56,61-66,69-71,74H,15,18-19,22-35,58H2,1-4H3,(H,72,73)/b6-5+,9-7+,10-8+,13-11+,14-12+,20-16+,21-17+/t36-,37-,38-,39+,40?,41?,42?,43?,44?,45?,46-,47?,50?,51-,52?,53?,54-,56-,57?/m0/s1. The number of hydrogen-bond donors (Lipinski definition) is 12. The summed E-state index contributed by atoms with van der Waals surface area (Å²) in [5, 5.41) is 122. The van der Waals surface area contributed by atoms with E-state index in [1.165, 1.54) is 0 Å². The van der Waals surface area contributed by atoms with Gasteiger partial charge in [-0.25, -0.2) is 0 Å². The van der Waals surface area contributed by atoms with Crippen molar-refractivity contribution < 1.29 is 89.5 Å². The molecule has 0 aromatic heterocycles. The number of allylic oxidation sites excluding steroid dienone is 12. The molecule has 21 heteroatoms. The Morgan fingerprint density at radius 1 is 0.667 bits per heavy atom. The normalized spacial score (nSPS) is 41.3. The molecule has 0 saturated carbocycles. The van der Waals surface area contributed by atoms with Gasteiger partial charge in [0.1, 0.15) is 18.1 Å². The second-order valence-electron chi connectivity index (χ2n) is 21.5. The zero-order chi connectivity index (χ0) is 57.5. The van der Waals surface area contributed by atoms with E-state index in [-0.39, 0.29) is 37.5 Å². The predicted octanol–water partition coefficient (Wildman–Crippen LogP) is 1.42. The molecule has 11 unspecified atom stereocenters. The van der Waals surface area contributed by atoms with Crippen LogP contribution in [0.25, 0.3) is 0 Å². The molecular weight excluding hydrogens is 1010 g/mol. The highest BCUT2D eigenvalue weighted by molar-refractivity contribution is 5.76. The zero-order valence-electron chi connectivity index (χ0n) is 45.7. The van der Waals surface area contributed by atoms with Crippen LogP contribution in [0.5, 0.6) is 0 Å². The van der Waals surface area contributed by atoms with Crippen molar-refractivity contribution in [1.82, 2.24) is 9.80 Å². The maximum Gasteiger partial charge on any atom is 0.311 e. The number of rotatable bonds is 9. The lowest BCUT2D eigenvalue weighted by atomic mass is 9.82. The minimum atomic E-state index is -2.36. The van der Waals surface area contributed by atoms with E-state index in [0.29, 0.717) is 39.1 Å². The van der Waals surface area contributed by atoms with Gasteiger partial charge < -0.3 is 85.8 Å². The average Bonchev–Trinajstić information content (AvgIpc) is 3.37. The molecule has 21 nitrogen and oxygen atoms in total. The third-order valence-corrected chi connectivity index (χ3v) is 15.1. The summed E-state index contributed by atoms with van der Waals surface area (Å²) >= 11 is 0. The number of fused-ring (bicyclic) bond motifs is 2. The first kappa shape index (κ1) is 66.5. The summed E-state index contributed by atoms with van der Waals surface area (Å²) in [7, 11) is 0. The molecule has 0 aromatic rings. The molecule has 2 bridgehead atoms. The maximum atomic E-state index is 13.0. The molecule has 4 rings (SSSR count). The first-order valence-corrected chi connectivity index (χ1v) is 27.7. The lowest BCUT2D eigenvalue weighted by Crippen LogP contribution is -2.66. The van der Waals surface area contributed by atoms with Crippen molar-refractivity contribution in [2.45, 2.75) is 202 Å². The number of aliphatic carboxylic acids is 1. The third kappa shape index (κ3) is 21.8. The molecule has 3 saturated heterocycles. The van der Waals surface area contributed by atoms with Gasteiger partial charge in [0.2, 0.25) is 5.91 Å². The van der Waals surface area contributed by atoms with Gasteiger partial charge in [-0.2, -0.15) is 0 Å². The van der Waals surface area contributed by atoms with Gasteiger partial charge in [0.25, 0.3) is 0 Å². The molecule has 0 aliphatic carbocycles. The third-order valence-electron chi connectivity index (χ3n) is 15.1. The molecule has 1 amide bonds. The number of carbonyl (C=O) groups excluding carboxylic acids is 2. The Morgan fingerprint density at radius 3 is 1.87 bits per heavy atom. The molecule has 442 valence electrons. The largest absolute Gasteiger partial charge is 0.481 e. The highest BCUT2D eigenvalue weighted by atomic mass is 16.7. The molecule has 4 aliphatic heterocycles. The van der Waals surface area contributed by atoms with E-state index in [4.69, 9.17) is 24.7 Å². The van der Waals surface area contributed by atoms with Crippen LogP contribution in [-0.4, -0.2) is 214 Å². The fraction of sp³-hybridized carbons (Fsp3) is 0.702. The summed E-state index contributed by atoms with van der Waals surface area (Å²) in [5.41, 5.74) is 5.60. The van der Waals surface area contributed by atoms with Crippen molar-refractivity contribution in [2.75, 3.05) is 32.7 Å². The van der Waals surface area contributed by atoms with Crippen molar-refractivity contribution in [1.29, 1.82) is 0 Å². The number of carboxylic acid groups (broad SMARTS) is 1. The van der Waals surface area contributed by atoms with E-state index < -0.39 is 147 Å². The van der Waals surface area contributed by atoms with E-state index in [1.54, 1.807) is 86.4 Å². The second-order valence-corrected chi connectivity index (χ2v) is 21.5. The summed E-state index contributed by atoms with van der Waals surface area (Å²) in [5.74, 6) is -6.89. The van der Waals surface area contributed by atoms with Crippen LogP contribution in [0.15, 0.2) is 85.1 Å². The summed E-state index contributed by atoms with van der Waals surface area (Å²) in [6.07, 6.45) is 6.27. The lowest BCUT2D eigenvalue weighted by molar-refractivity contribution is -0.312. The number of esters is 1. The van der Waals surface area contributed by atoms with E-state index >= 15 is 0 Å². The van der Waals surface area contributed by atoms with Crippen LogP contribution in [0.2, 0.25) is 0 Å². The zero-order valence-corrected chi connectivity index (χ0v) is 45.7. The Bertz CT molecular complexity index is 2030. The monoisotopic (exact) mass is 1110 g/mol. The Hall–Kier alpha value is -4.01. The molecule has 19 atom stereocenters. The first-order valence-electron chi connectivity index (χ1n) is 27.7. The number of aliphatic hydroxyl groups is 10. The summed E-state index contributed by atoms with van der Waals surface area (Å²) in [6, 6.07) is -0.887. The van der Waals surface area contributed by atoms with E-state index in [1.807, 2.05) is 36.1 Å². The van der Waals surface area contributed by atoms with Gasteiger partial charge in [0, 0.05) is 70.1 Å². The summed E-state index contributed by atoms with van der Waals surface area (Å²) in [6.45, 7) is 8.85. The smallest absolute Gasteiger partial charge is 0.311 e. The summed E-state index contributed by atoms with van der Waals surface area (Å²) in [4.78, 5) is 42.1. The molecule has 13 N–H and O–H groups in total. The number of amides is 1. The number of ether oxygens (including phenoxy) is 4. The molecule has 0 spiro atoms. The number of hydrogen-bond acceptors (Lipinski definition) is 19. The number of cyclic esters (lactones) is 1. The van der Waals surface area contributed by atoms with E-state index in [2.05, 4.69) is 0 Å². The molecular formula is C57H91N3O18. The van der Waals surface area contributed by atoms with Crippen molar-refractivity contribution in [3.8, 4) is 0 Å². The van der Waals surface area contributed by atoms with Crippen LogP contribution in [0, 0.1) is 17.8 Å². The van der Waals surface area contributed by atoms with Crippen LogP contribution in [-0.2, 0) is 33.3 Å². The fourth-order valence-electron chi connectivity index (χ4n) is 10.4. The topological polar surface area (TPSA) is 343 Å². The predicted molar refractivity (Wildman–Crippen MR) is 288 cm³/mol. The van der Waals surface area contributed by atoms with Crippen LogP contribution in [0.1, 0.15) is 105 Å². The van der Waals surface area contributed by atoms with Gasteiger partial charge in [-0.3, -0.25) is 19.3 Å². The minimum absolute atomic E-state index is 0.0195. The van der Waals surface area contributed by atoms with E-state index in [0.717, 1.165) is 19.3 Å². The fourth-order valence-corrected chi connectivity index (χ4v) is 10.4. The average molecular weight is 1110 g/mol. The SMILES string of the molecule is C[C@@H]1OC(=O)CC(O)CC(O)CCC(O)C(O)CC(O)CC2(O)C[C@H](O)C(C(=O)O)C(CC(O[C@@H]3O[C@H](C)C(O)[C@H](N4CCN(C(=O)CCCCCN)CC4)[C@@H]3O)/C=C/C=C/C=C/C=C/C=C/C=C/C=C/[C@H](C)C(O)[C@H]1C)O2. The van der Waals surface area contributed by atoms with Gasteiger partial charge >= 0.3 is 11.9 Å². The maximum absolute atomic E-state index is 13.0. The van der Waals surface area contributed by atoms with Gasteiger partial charge in [-0.15, -0.1) is 0 Å². The van der Waals surface area contributed by atoms with Gasteiger partial charge in [0.15, 0.2) is 12.1 Å². The number of nitrogens with zero attached hydrogens (tertiary/aromatic N) is 2. The molecule has 0 radical (unpaired) electrons. The van der Waals surface area contributed by atoms with Crippen LogP contribution < -0.4 is 5.73 Å². The van der Waals surface area contributed by atoms with Crippen molar-refractivity contribution in [2.24, 2.45) is 23.5 Å². The summed E-state index contributed by atoms with van der Waals surface area (Å²) < 4.78 is 24.0. The Morgan fingerprint density at radius 2 is 1.27 bits per heavy atom. The molecule has 0 aromatic carbocycles. The number of piperazine rings is 1. The molecule has 3 fully saturated rings. The van der Waals surface area contributed by atoms with Crippen molar-refractivity contribution in [3.05, 3.63) is 85.1 Å². The highest BCUT2D eigenvalue weighted by Crippen LogP contribution is 2.38. The van der Waals surface area contributed by atoms with Crippen LogP contribution in [0.3, 0.4) is 0 Å². The van der Waals surface area contributed by atoms with Gasteiger partial charge in [-0.1, -0.05) is 105 Å². The number of aliphatic hydroxyl groups excluding tert-OH is 9. The van der Waals surface area contributed by atoms with Gasteiger partial charge in [-0.05, 0) is 52.5 Å². The number of carbonyl (C=O) groups is 3. The molecule has 78 heavy (non-hydrogen) atoms. The minimum Gasteiger partial charge on any atom is -0.481 e. The number of unbranched alkanes of at least 4 members (excludes halogenated alkanes) is 2. The quantitative estimate of drug-likeness (QED) is 0.115. The first-order chi connectivity index (χ1) is 37.0. The second kappa shape index (κ2) is 33.7. The van der Waals surface area contributed by atoms with Crippen LogP contribution in [0.4, 0.5) is 0 Å². The lowest BCUT2D eigenvalue weighted by Gasteiger charge is -2.49. The number of carboxylic acids is 1. The Labute approximate surface area is 459 Å². The van der Waals surface area contributed by atoms with Gasteiger partial charge in [0.05, 0.1) is 79.6 Å². The highest BCUT2D eigenvalue weighted by Gasteiger charge is 2.52. The Balaban J connectivity index is 1.57. The number of nitrogens with two attached hydrogens (primary N) is 1. The Kier molecular flexibility index (Phi) is 28.7. The van der Waals surface area contributed by atoms with Crippen molar-refractivity contribution >= 4 is 17.8 Å².